The van der Waals surface area contributed by atoms with Crippen LogP contribution in [0.2, 0.25) is 0 Å². The molecule has 0 radical (unpaired) electrons. The predicted octanol–water partition coefficient (Wildman–Crippen LogP) is 4.22. The van der Waals surface area contributed by atoms with Gasteiger partial charge in [-0.2, -0.15) is 0 Å². The monoisotopic (exact) mass is 329 g/mol. The van der Waals surface area contributed by atoms with Gasteiger partial charge in [-0.3, -0.25) is 4.79 Å². The number of aliphatic carboxylic acids is 1. The number of carbonyl (C=O) groups is 1. The molecule has 0 amide bonds. The number of fused-ring (bicyclic) bond motifs is 1. The second-order valence-electron chi connectivity index (χ2n) is 4.60. The number of hydrogen-bond acceptors (Lipinski definition) is 1. The van der Waals surface area contributed by atoms with Gasteiger partial charge in [-0.25, -0.2) is 0 Å². The van der Waals surface area contributed by atoms with E-state index < -0.39 is 5.97 Å². The topological polar surface area (TPSA) is 53.1 Å². The van der Waals surface area contributed by atoms with E-state index >= 15 is 0 Å². The number of rotatable bonds is 3. The molecule has 3 rings (SSSR count). The number of carboxylic acids is 1. The zero-order valence-electron chi connectivity index (χ0n) is 10.6. The largest absolute Gasteiger partial charge is 0.481 e. The molecule has 0 spiro atoms. The Morgan fingerprint density at radius 3 is 2.50 bits per heavy atom. The molecule has 0 aliphatic carbocycles. The van der Waals surface area contributed by atoms with Gasteiger partial charge in [-0.15, -0.1) is 0 Å². The standard InChI is InChI=1S/C16H12BrNO2/c17-11-7-5-10(6-8-11)16-13(9-15(19)20)12-3-1-2-4-14(12)18-16/h1-8,18H,9H2,(H,19,20). The Morgan fingerprint density at radius 2 is 1.80 bits per heavy atom. The minimum Gasteiger partial charge on any atom is -0.481 e. The van der Waals surface area contributed by atoms with E-state index in [1.165, 1.54) is 0 Å². The summed E-state index contributed by atoms with van der Waals surface area (Å²) >= 11 is 3.41. The van der Waals surface area contributed by atoms with Crippen LogP contribution in [0, 0.1) is 0 Å². The maximum atomic E-state index is 11.1. The third-order valence-electron chi connectivity index (χ3n) is 3.27. The van der Waals surface area contributed by atoms with Crippen molar-refractivity contribution in [2.75, 3.05) is 0 Å². The van der Waals surface area contributed by atoms with Crippen molar-refractivity contribution in [1.82, 2.24) is 4.98 Å². The molecular weight excluding hydrogens is 318 g/mol. The molecule has 4 heteroatoms. The molecule has 0 saturated carbocycles. The minimum absolute atomic E-state index is 0.00934. The van der Waals surface area contributed by atoms with Crippen molar-refractivity contribution in [2.24, 2.45) is 0 Å². The number of carboxylic acid groups (broad SMARTS) is 1. The number of aromatic nitrogens is 1. The highest BCUT2D eigenvalue weighted by Gasteiger charge is 2.15. The first-order valence-corrected chi connectivity index (χ1v) is 7.02. The fraction of sp³-hybridized carbons (Fsp3) is 0.0625. The van der Waals surface area contributed by atoms with Crippen molar-refractivity contribution in [3.8, 4) is 11.3 Å². The molecule has 0 aliphatic heterocycles. The summed E-state index contributed by atoms with van der Waals surface area (Å²) in [5, 5.41) is 10.1. The summed E-state index contributed by atoms with van der Waals surface area (Å²) in [7, 11) is 0. The van der Waals surface area contributed by atoms with Gasteiger partial charge in [0.25, 0.3) is 0 Å². The summed E-state index contributed by atoms with van der Waals surface area (Å²) in [6, 6.07) is 15.6. The van der Waals surface area contributed by atoms with E-state index in [-0.39, 0.29) is 6.42 Å². The molecule has 0 atom stereocenters. The normalized spacial score (nSPS) is 10.8. The van der Waals surface area contributed by atoms with Crippen molar-refractivity contribution in [3.63, 3.8) is 0 Å². The third kappa shape index (κ3) is 2.34. The Balaban J connectivity index is 2.23. The van der Waals surface area contributed by atoms with E-state index in [9.17, 15) is 4.79 Å². The summed E-state index contributed by atoms with van der Waals surface area (Å²) in [6.07, 6.45) is 0.00934. The Labute approximate surface area is 124 Å². The highest BCUT2D eigenvalue weighted by molar-refractivity contribution is 9.10. The Hall–Kier alpha value is -2.07. The van der Waals surface area contributed by atoms with Crippen LogP contribution >= 0.6 is 15.9 Å². The average molecular weight is 330 g/mol. The molecule has 0 unspecified atom stereocenters. The maximum Gasteiger partial charge on any atom is 0.307 e. The first-order valence-electron chi connectivity index (χ1n) is 6.22. The van der Waals surface area contributed by atoms with Gasteiger partial charge in [0.15, 0.2) is 0 Å². The van der Waals surface area contributed by atoms with Crippen molar-refractivity contribution in [1.29, 1.82) is 0 Å². The smallest absolute Gasteiger partial charge is 0.307 e. The minimum atomic E-state index is -0.826. The quantitative estimate of drug-likeness (QED) is 0.755. The van der Waals surface area contributed by atoms with Gasteiger partial charge in [-0.05, 0) is 29.3 Å². The highest BCUT2D eigenvalue weighted by atomic mass is 79.9. The number of halogens is 1. The number of hydrogen-bond donors (Lipinski definition) is 2. The number of benzene rings is 2. The van der Waals surface area contributed by atoms with Gasteiger partial charge in [0.2, 0.25) is 0 Å². The number of H-pyrrole nitrogens is 1. The fourth-order valence-electron chi connectivity index (χ4n) is 2.40. The molecule has 20 heavy (non-hydrogen) atoms. The Morgan fingerprint density at radius 1 is 1.10 bits per heavy atom. The van der Waals surface area contributed by atoms with Crippen LogP contribution in [0.15, 0.2) is 53.0 Å². The van der Waals surface area contributed by atoms with Gasteiger partial charge < -0.3 is 10.1 Å². The van der Waals surface area contributed by atoms with Gasteiger partial charge in [0, 0.05) is 15.4 Å². The van der Waals surface area contributed by atoms with E-state index in [2.05, 4.69) is 20.9 Å². The van der Waals surface area contributed by atoms with E-state index in [1.54, 1.807) is 0 Å². The number of aromatic amines is 1. The van der Waals surface area contributed by atoms with Crippen molar-refractivity contribution >= 4 is 32.8 Å². The van der Waals surface area contributed by atoms with E-state index in [1.807, 2.05) is 48.5 Å². The van der Waals surface area contributed by atoms with Crippen LogP contribution in [0.4, 0.5) is 0 Å². The highest BCUT2D eigenvalue weighted by Crippen LogP contribution is 2.31. The summed E-state index contributed by atoms with van der Waals surface area (Å²) in [5.74, 6) is -0.826. The van der Waals surface area contributed by atoms with Crippen LogP contribution in [0.5, 0.6) is 0 Å². The number of para-hydroxylation sites is 1. The zero-order valence-corrected chi connectivity index (χ0v) is 12.1. The molecular formula is C16H12BrNO2. The molecule has 0 bridgehead atoms. The van der Waals surface area contributed by atoms with Gasteiger partial charge in [0.05, 0.1) is 12.1 Å². The lowest BCUT2D eigenvalue weighted by Crippen LogP contribution is -2.00. The lowest BCUT2D eigenvalue weighted by atomic mass is 10.0. The molecule has 0 fully saturated rings. The molecule has 2 N–H and O–H groups in total. The van der Waals surface area contributed by atoms with Crippen LogP contribution in [-0.4, -0.2) is 16.1 Å². The average Bonchev–Trinajstić information content (AvgIpc) is 2.78. The first-order chi connectivity index (χ1) is 9.65. The van der Waals surface area contributed by atoms with Crippen molar-refractivity contribution < 1.29 is 9.90 Å². The van der Waals surface area contributed by atoms with E-state index in [0.717, 1.165) is 32.2 Å². The third-order valence-corrected chi connectivity index (χ3v) is 3.80. The molecule has 1 heterocycles. The van der Waals surface area contributed by atoms with Gasteiger partial charge >= 0.3 is 5.97 Å². The van der Waals surface area contributed by atoms with Gasteiger partial charge in [0.1, 0.15) is 0 Å². The van der Waals surface area contributed by atoms with Crippen LogP contribution in [0.25, 0.3) is 22.2 Å². The Kier molecular flexibility index (Phi) is 3.32. The Bertz CT molecular complexity index is 775. The van der Waals surface area contributed by atoms with Crippen LogP contribution in [0.3, 0.4) is 0 Å². The predicted molar refractivity (Wildman–Crippen MR) is 82.8 cm³/mol. The summed E-state index contributed by atoms with van der Waals surface area (Å²) in [6.45, 7) is 0. The SMILES string of the molecule is O=C(O)Cc1c(-c2ccc(Br)cc2)[nH]c2ccccc12. The first kappa shape index (κ1) is 12.9. The van der Waals surface area contributed by atoms with Gasteiger partial charge in [-0.1, -0.05) is 46.3 Å². The summed E-state index contributed by atoms with van der Waals surface area (Å²) < 4.78 is 0.997. The second-order valence-corrected chi connectivity index (χ2v) is 5.52. The van der Waals surface area contributed by atoms with Crippen LogP contribution in [-0.2, 0) is 11.2 Å². The van der Waals surface area contributed by atoms with E-state index in [0.29, 0.717) is 0 Å². The van der Waals surface area contributed by atoms with Crippen LogP contribution < -0.4 is 0 Å². The maximum absolute atomic E-state index is 11.1. The molecule has 0 saturated heterocycles. The molecule has 1 aromatic heterocycles. The lowest BCUT2D eigenvalue weighted by molar-refractivity contribution is -0.136. The molecule has 100 valence electrons. The van der Waals surface area contributed by atoms with Crippen molar-refractivity contribution in [3.05, 3.63) is 58.6 Å². The summed E-state index contributed by atoms with van der Waals surface area (Å²) in [5.41, 5.74) is 3.65. The number of nitrogens with one attached hydrogen (secondary N) is 1. The summed E-state index contributed by atoms with van der Waals surface area (Å²) in [4.78, 5) is 14.5. The van der Waals surface area contributed by atoms with Crippen molar-refractivity contribution in [2.45, 2.75) is 6.42 Å². The zero-order chi connectivity index (χ0) is 14.1. The molecule has 3 nitrogen and oxygen atoms in total. The lowest BCUT2D eigenvalue weighted by Gasteiger charge is -2.03. The fourth-order valence-corrected chi connectivity index (χ4v) is 2.66. The second kappa shape index (κ2) is 5.13. The van der Waals surface area contributed by atoms with Crippen LogP contribution in [0.1, 0.15) is 5.56 Å². The molecule has 2 aromatic carbocycles. The molecule has 0 aliphatic rings. The molecule has 3 aromatic rings. The van der Waals surface area contributed by atoms with E-state index in [4.69, 9.17) is 5.11 Å².